The summed E-state index contributed by atoms with van der Waals surface area (Å²) in [5, 5.41) is 19.7. The first-order chi connectivity index (χ1) is 12.9. The lowest BCUT2D eigenvalue weighted by atomic mass is 9.98. The van der Waals surface area contributed by atoms with Gasteiger partial charge in [-0.3, -0.25) is 0 Å². The number of benzene rings is 2. The molecule has 136 valence electrons. The molecule has 0 spiro atoms. The Morgan fingerprint density at radius 1 is 1.07 bits per heavy atom. The Bertz CT molecular complexity index is 1060. The minimum atomic E-state index is -1.14. The van der Waals surface area contributed by atoms with Crippen LogP contribution in [-0.4, -0.2) is 21.9 Å². The first kappa shape index (κ1) is 18.7. The predicted octanol–water partition coefficient (Wildman–Crippen LogP) is 4.93. The SMILES string of the molecule is CSc1c(C#N)c(-c2ccc(-c3cc(F)cc(F)c3)cc2)c(C(=O)O)n1C. The number of thioether (sulfide) groups is 1. The number of rotatable bonds is 4. The lowest BCUT2D eigenvalue weighted by Crippen LogP contribution is -2.06. The van der Waals surface area contributed by atoms with Crippen LogP contribution in [-0.2, 0) is 7.05 Å². The van der Waals surface area contributed by atoms with Crippen LogP contribution in [0, 0.1) is 23.0 Å². The van der Waals surface area contributed by atoms with Gasteiger partial charge in [0, 0.05) is 18.7 Å². The van der Waals surface area contributed by atoms with E-state index in [2.05, 4.69) is 6.07 Å². The second-order valence-electron chi connectivity index (χ2n) is 5.82. The minimum Gasteiger partial charge on any atom is -0.477 e. The molecule has 0 bridgehead atoms. The third-order valence-corrected chi connectivity index (χ3v) is 5.08. The molecule has 0 saturated heterocycles. The predicted molar refractivity (Wildman–Crippen MR) is 99.7 cm³/mol. The van der Waals surface area contributed by atoms with Gasteiger partial charge in [0.05, 0.1) is 10.6 Å². The normalized spacial score (nSPS) is 10.6. The number of halogens is 2. The molecule has 1 heterocycles. The number of aromatic carboxylic acids is 1. The van der Waals surface area contributed by atoms with Crippen LogP contribution < -0.4 is 0 Å². The number of nitrogens with zero attached hydrogens (tertiary/aromatic N) is 2. The van der Waals surface area contributed by atoms with Crippen LogP contribution in [0.5, 0.6) is 0 Å². The molecule has 7 heteroatoms. The number of carboxylic acids is 1. The molecule has 1 aromatic heterocycles. The Balaban J connectivity index is 2.16. The fourth-order valence-electron chi connectivity index (χ4n) is 3.09. The zero-order valence-electron chi connectivity index (χ0n) is 14.5. The summed E-state index contributed by atoms with van der Waals surface area (Å²) in [5.74, 6) is -2.50. The van der Waals surface area contributed by atoms with E-state index < -0.39 is 17.6 Å². The number of nitriles is 1. The van der Waals surface area contributed by atoms with E-state index in [0.29, 0.717) is 27.3 Å². The van der Waals surface area contributed by atoms with Gasteiger partial charge in [0.25, 0.3) is 0 Å². The molecule has 1 N–H and O–H groups in total. The van der Waals surface area contributed by atoms with E-state index in [-0.39, 0.29) is 11.3 Å². The summed E-state index contributed by atoms with van der Waals surface area (Å²) in [6.07, 6.45) is 1.77. The standard InChI is InChI=1S/C20H14F2N2O2S/c1-24-18(20(25)26)17(16(10-23)19(24)27-2)12-5-3-11(4-6-12)13-7-14(21)9-15(22)8-13/h3-9H,1-2H3,(H,25,26). The lowest BCUT2D eigenvalue weighted by Gasteiger charge is -2.07. The average molecular weight is 384 g/mol. The molecule has 0 radical (unpaired) electrons. The summed E-state index contributed by atoms with van der Waals surface area (Å²) >= 11 is 1.29. The first-order valence-corrected chi connectivity index (χ1v) is 9.06. The van der Waals surface area contributed by atoms with Crippen molar-refractivity contribution in [2.75, 3.05) is 6.26 Å². The highest BCUT2D eigenvalue weighted by Crippen LogP contribution is 2.37. The third kappa shape index (κ3) is 3.32. The Morgan fingerprint density at radius 3 is 2.11 bits per heavy atom. The number of hydrogen-bond donors (Lipinski definition) is 1. The molecule has 3 aromatic rings. The maximum atomic E-state index is 13.4. The van der Waals surface area contributed by atoms with Crippen molar-refractivity contribution < 1.29 is 18.7 Å². The number of aromatic nitrogens is 1. The van der Waals surface area contributed by atoms with Gasteiger partial charge in [-0.1, -0.05) is 24.3 Å². The molecule has 0 unspecified atom stereocenters. The van der Waals surface area contributed by atoms with Gasteiger partial charge in [-0.05, 0) is 35.1 Å². The quantitative estimate of drug-likeness (QED) is 0.648. The highest BCUT2D eigenvalue weighted by molar-refractivity contribution is 7.98. The number of carbonyl (C=O) groups is 1. The highest BCUT2D eigenvalue weighted by atomic mass is 32.2. The Hall–Kier alpha value is -3.11. The van der Waals surface area contributed by atoms with Crippen molar-refractivity contribution in [1.82, 2.24) is 4.57 Å². The molecule has 0 fully saturated rings. The van der Waals surface area contributed by atoms with Gasteiger partial charge in [0.1, 0.15) is 23.4 Å². The van der Waals surface area contributed by atoms with Gasteiger partial charge in [-0.25, -0.2) is 13.6 Å². The fourth-order valence-corrected chi connectivity index (χ4v) is 3.80. The van der Waals surface area contributed by atoms with Crippen molar-refractivity contribution in [2.45, 2.75) is 5.03 Å². The molecule has 0 atom stereocenters. The second-order valence-corrected chi connectivity index (χ2v) is 6.61. The van der Waals surface area contributed by atoms with E-state index in [9.17, 15) is 23.9 Å². The van der Waals surface area contributed by atoms with Crippen LogP contribution in [0.4, 0.5) is 8.78 Å². The molecule has 3 rings (SSSR count). The molecule has 0 aliphatic carbocycles. The van der Waals surface area contributed by atoms with E-state index in [1.165, 1.54) is 28.5 Å². The first-order valence-electron chi connectivity index (χ1n) is 7.84. The second kappa shape index (κ2) is 7.25. The lowest BCUT2D eigenvalue weighted by molar-refractivity contribution is 0.0686. The molecule has 4 nitrogen and oxygen atoms in total. The Kier molecular flexibility index (Phi) is 5.02. The van der Waals surface area contributed by atoms with Gasteiger partial charge < -0.3 is 9.67 Å². The van der Waals surface area contributed by atoms with Crippen LogP contribution in [0.15, 0.2) is 47.5 Å². The van der Waals surface area contributed by atoms with E-state index in [1.54, 1.807) is 37.6 Å². The molecule has 2 aromatic carbocycles. The summed E-state index contributed by atoms with van der Waals surface area (Å²) in [5.41, 5.74) is 2.12. The van der Waals surface area contributed by atoms with Gasteiger partial charge in [0.15, 0.2) is 0 Å². The number of carboxylic acid groups (broad SMARTS) is 1. The van der Waals surface area contributed by atoms with E-state index >= 15 is 0 Å². The molecule has 0 aliphatic heterocycles. The van der Waals surface area contributed by atoms with E-state index in [1.807, 2.05) is 0 Å². The number of hydrogen-bond acceptors (Lipinski definition) is 3. The Morgan fingerprint density at radius 2 is 1.63 bits per heavy atom. The van der Waals surface area contributed by atoms with Crippen molar-refractivity contribution in [3.8, 4) is 28.3 Å². The monoisotopic (exact) mass is 384 g/mol. The topological polar surface area (TPSA) is 66.0 Å². The highest BCUT2D eigenvalue weighted by Gasteiger charge is 2.26. The van der Waals surface area contributed by atoms with Crippen LogP contribution >= 0.6 is 11.8 Å². The molecule has 0 saturated carbocycles. The zero-order chi connectivity index (χ0) is 19.7. The maximum absolute atomic E-state index is 13.4. The van der Waals surface area contributed by atoms with Gasteiger partial charge in [-0.15, -0.1) is 11.8 Å². The van der Waals surface area contributed by atoms with Gasteiger partial charge >= 0.3 is 5.97 Å². The minimum absolute atomic E-state index is 0.0143. The van der Waals surface area contributed by atoms with Crippen LogP contribution in [0.25, 0.3) is 22.3 Å². The van der Waals surface area contributed by atoms with Crippen LogP contribution in [0.3, 0.4) is 0 Å². The maximum Gasteiger partial charge on any atom is 0.353 e. The van der Waals surface area contributed by atoms with Gasteiger partial charge in [0.2, 0.25) is 0 Å². The van der Waals surface area contributed by atoms with Crippen molar-refractivity contribution in [3.63, 3.8) is 0 Å². The van der Waals surface area contributed by atoms with Crippen molar-refractivity contribution >= 4 is 17.7 Å². The molecular weight excluding hydrogens is 370 g/mol. The zero-order valence-corrected chi connectivity index (χ0v) is 15.3. The van der Waals surface area contributed by atoms with E-state index in [4.69, 9.17) is 0 Å². The molecule has 0 aliphatic rings. The van der Waals surface area contributed by atoms with Crippen LogP contribution in [0.2, 0.25) is 0 Å². The fraction of sp³-hybridized carbons (Fsp3) is 0.100. The molecule has 0 amide bonds. The van der Waals surface area contributed by atoms with Crippen molar-refractivity contribution in [2.24, 2.45) is 7.05 Å². The van der Waals surface area contributed by atoms with Crippen molar-refractivity contribution in [1.29, 1.82) is 5.26 Å². The summed E-state index contributed by atoms with van der Waals surface area (Å²) in [6.45, 7) is 0. The van der Waals surface area contributed by atoms with Crippen LogP contribution in [0.1, 0.15) is 16.1 Å². The summed E-state index contributed by atoms with van der Waals surface area (Å²) in [4.78, 5) is 11.8. The smallest absolute Gasteiger partial charge is 0.353 e. The largest absolute Gasteiger partial charge is 0.477 e. The van der Waals surface area contributed by atoms with E-state index in [0.717, 1.165) is 6.07 Å². The summed E-state index contributed by atoms with van der Waals surface area (Å²) in [7, 11) is 1.60. The third-order valence-electron chi connectivity index (χ3n) is 4.22. The Labute approximate surface area is 158 Å². The summed E-state index contributed by atoms with van der Waals surface area (Å²) < 4.78 is 28.4. The average Bonchev–Trinajstić information content (AvgIpc) is 2.92. The molecular formula is C20H14F2N2O2S. The van der Waals surface area contributed by atoms with Crippen molar-refractivity contribution in [3.05, 3.63) is 65.4 Å². The molecule has 27 heavy (non-hydrogen) atoms. The van der Waals surface area contributed by atoms with Gasteiger partial charge in [-0.2, -0.15) is 5.26 Å². The summed E-state index contributed by atoms with van der Waals surface area (Å²) in [6, 6.07) is 11.9.